The molecule has 1 N–H and O–H groups in total. The van der Waals surface area contributed by atoms with Crippen molar-refractivity contribution in [3.8, 4) is 28.1 Å². The van der Waals surface area contributed by atoms with Crippen molar-refractivity contribution < 1.29 is 32.2 Å². The molecule has 2 aromatic carbocycles. The van der Waals surface area contributed by atoms with E-state index in [0.717, 1.165) is 0 Å². The number of carbonyl (C=O) groups excluding carboxylic acids is 2. The van der Waals surface area contributed by atoms with E-state index in [0.29, 0.717) is 16.8 Å². The van der Waals surface area contributed by atoms with Crippen molar-refractivity contribution >= 4 is 11.9 Å². The molecule has 0 spiro atoms. The highest BCUT2D eigenvalue weighted by atomic mass is 19.4. The molecule has 3 aromatic rings. The number of hydrogen-bond acceptors (Lipinski definition) is 6. The first-order valence-electron chi connectivity index (χ1n) is 9.70. The first-order valence-corrected chi connectivity index (χ1v) is 9.70. The van der Waals surface area contributed by atoms with Crippen LogP contribution in [0.5, 0.6) is 5.75 Å². The number of esters is 1. The highest BCUT2D eigenvalue weighted by Crippen LogP contribution is 2.35. The number of ether oxygens (including phenoxy) is 2. The van der Waals surface area contributed by atoms with Gasteiger partial charge in [-0.25, -0.2) is 14.8 Å². The molecule has 0 fully saturated rings. The van der Waals surface area contributed by atoms with Crippen LogP contribution in [0.2, 0.25) is 0 Å². The lowest BCUT2D eigenvalue weighted by Crippen LogP contribution is -2.50. The van der Waals surface area contributed by atoms with E-state index in [4.69, 9.17) is 0 Å². The third kappa shape index (κ3) is 5.85. The van der Waals surface area contributed by atoms with Gasteiger partial charge in [0.15, 0.2) is 0 Å². The minimum atomic E-state index is -4.83. The summed E-state index contributed by atoms with van der Waals surface area (Å²) in [6.07, 6.45) is -3.46. The molecule has 0 aliphatic heterocycles. The fourth-order valence-corrected chi connectivity index (χ4v) is 3.04. The monoisotopic (exact) mass is 459 g/mol. The van der Waals surface area contributed by atoms with Gasteiger partial charge in [-0.1, -0.05) is 36.4 Å². The molecule has 0 radical (unpaired) electrons. The Labute approximate surface area is 187 Å². The fourth-order valence-electron chi connectivity index (χ4n) is 3.04. The minimum absolute atomic E-state index is 0.185. The summed E-state index contributed by atoms with van der Waals surface area (Å²) in [4.78, 5) is 32.6. The number of rotatable bonds is 6. The number of carbonyl (C=O) groups is 2. The lowest BCUT2D eigenvalue weighted by Gasteiger charge is -2.22. The van der Waals surface area contributed by atoms with Gasteiger partial charge in [-0.3, -0.25) is 4.79 Å². The Bertz CT molecular complexity index is 1180. The first kappa shape index (κ1) is 23.7. The number of para-hydroxylation sites is 1. The molecular formula is C23H20F3N3O4. The number of nitrogens with zero attached hydrogens (tertiary/aromatic N) is 2. The van der Waals surface area contributed by atoms with Crippen molar-refractivity contribution in [1.82, 2.24) is 15.3 Å². The summed E-state index contributed by atoms with van der Waals surface area (Å²) in [5, 5.41) is 2.51. The van der Waals surface area contributed by atoms with E-state index in [1.807, 2.05) is 0 Å². The van der Waals surface area contributed by atoms with Gasteiger partial charge in [0.1, 0.15) is 11.3 Å². The van der Waals surface area contributed by atoms with Gasteiger partial charge in [-0.2, -0.15) is 0 Å². The molecule has 0 unspecified atom stereocenters. The van der Waals surface area contributed by atoms with Gasteiger partial charge < -0.3 is 14.8 Å². The Morgan fingerprint density at radius 3 is 2.36 bits per heavy atom. The second-order valence-corrected chi connectivity index (χ2v) is 7.46. The molecule has 0 saturated heterocycles. The fraction of sp³-hybridized carbons (Fsp3) is 0.217. The molecule has 7 nitrogen and oxygen atoms in total. The number of methoxy groups -OCH3 is 1. The smallest absolute Gasteiger partial charge is 0.467 e. The topological polar surface area (TPSA) is 90.4 Å². The molecule has 172 valence electrons. The Morgan fingerprint density at radius 2 is 1.67 bits per heavy atom. The molecule has 0 bridgehead atoms. The van der Waals surface area contributed by atoms with Gasteiger partial charge in [-0.15, -0.1) is 13.2 Å². The molecule has 0 saturated carbocycles. The average Bonchev–Trinajstić information content (AvgIpc) is 2.77. The van der Waals surface area contributed by atoms with E-state index in [2.05, 4.69) is 24.8 Å². The maximum Gasteiger partial charge on any atom is 0.573 e. The van der Waals surface area contributed by atoms with E-state index < -0.39 is 23.8 Å². The normalized spacial score (nSPS) is 11.6. The van der Waals surface area contributed by atoms with Crippen LogP contribution in [-0.2, 0) is 9.53 Å². The number of halogens is 3. The number of amides is 1. The molecule has 10 heteroatoms. The third-order valence-electron chi connectivity index (χ3n) is 4.56. The van der Waals surface area contributed by atoms with E-state index >= 15 is 0 Å². The molecule has 0 atom stereocenters. The van der Waals surface area contributed by atoms with Gasteiger partial charge in [-0.05, 0) is 37.6 Å². The molecule has 1 amide bonds. The Hall–Kier alpha value is -3.95. The van der Waals surface area contributed by atoms with Crippen LogP contribution in [0.1, 0.15) is 24.5 Å². The molecule has 0 aliphatic rings. The van der Waals surface area contributed by atoms with Crippen molar-refractivity contribution in [3.05, 3.63) is 66.6 Å². The molecular weight excluding hydrogens is 439 g/mol. The van der Waals surface area contributed by atoms with Gasteiger partial charge in [0.2, 0.25) is 5.82 Å². The van der Waals surface area contributed by atoms with Crippen molar-refractivity contribution in [2.24, 2.45) is 0 Å². The summed E-state index contributed by atoms with van der Waals surface area (Å²) < 4.78 is 47.2. The maximum atomic E-state index is 12.8. The lowest BCUT2D eigenvalue weighted by atomic mass is 10.0. The molecule has 0 aliphatic carbocycles. The largest absolute Gasteiger partial charge is 0.573 e. The van der Waals surface area contributed by atoms with Crippen LogP contribution in [0.3, 0.4) is 0 Å². The summed E-state index contributed by atoms with van der Waals surface area (Å²) in [5.74, 6) is -1.85. The highest BCUT2D eigenvalue weighted by Gasteiger charge is 2.33. The van der Waals surface area contributed by atoms with Crippen molar-refractivity contribution in [3.63, 3.8) is 0 Å². The Kier molecular flexibility index (Phi) is 6.66. The van der Waals surface area contributed by atoms with Crippen LogP contribution in [0, 0.1) is 0 Å². The quantitative estimate of drug-likeness (QED) is 0.550. The van der Waals surface area contributed by atoms with Crippen molar-refractivity contribution in [2.45, 2.75) is 25.7 Å². The highest BCUT2D eigenvalue weighted by molar-refractivity contribution is 5.95. The summed E-state index contributed by atoms with van der Waals surface area (Å²) in [7, 11) is 1.21. The van der Waals surface area contributed by atoms with E-state index in [1.165, 1.54) is 45.4 Å². The average molecular weight is 459 g/mol. The Morgan fingerprint density at radius 1 is 0.970 bits per heavy atom. The van der Waals surface area contributed by atoms with Crippen LogP contribution >= 0.6 is 0 Å². The number of hydrogen-bond donors (Lipinski definition) is 1. The Balaban J connectivity index is 1.92. The van der Waals surface area contributed by atoms with Crippen LogP contribution < -0.4 is 10.1 Å². The number of benzene rings is 2. The number of aromatic nitrogens is 2. The second-order valence-electron chi connectivity index (χ2n) is 7.46. The number of nitrogens with one attached hydrogen (secondary N) is 1. The van der Waals surface area contributed by atoms with E-state index in [1.54, 1.807) is 36.4 Å². The van der Waals surface area contributed by atoms with E-state index in [9.17, 15) is 22.8 Å². The SMILES string of the molecule is COC(=O)C(C)(C)NC(=O)c1nccc(-c2cccc(-c3ccccc3OC(F)(F)F)c2)n1. The third-order valence-corrected chi connectivity index (χ3v) is 4.56. The zero-order valence-corrected chi connectivity index (χ0v) is 17.9. The van der Waals surface area contributed by atoms with Crippen molar-refractivity contribution in [2.75, 3.05) is 7.11 Å². The van der Waals surface area contributed by atoms with Gasteiger partial charge in [0.25, 0.3) is 5.91 Å². The minimum Gasteiger partial charge on any atom is -0.467 e. The molecule has 3 rings (SSSR count). The van der Waals surface area contributed by atoms with Gasteiger partial charge >= 0.3 is 12.3 Å². The van der Waals surface area contributed by atoms with Crippen molar-refractivity contribution in [1.29, 1.82) is 0 Å². The molecule has 1 aromatic heterocycles. The molecule has 1 heterocycles. The van der Waals surface area contributed by atoms with E-state index in [-0.39, 0.29) is 17.1 Å². The van der Waals surface area contributed by atoms with Crippen LogP contribution in [0.4, 0.5) is 13.2 Å². The maximum absolute atomic E-state index is 12.8. The van der Waals surface area contributed by atoms with Crippen LogP contribution in [0.25, 0.3) is 22.4 Å². The first-order chi connectivity index (χ1) is 15.5. The summed E-state index contributed by atoms with van der Waals surface area (Å²) in [6.45, 7) is 2.95. The van der Waals surface area contributed by atoms with Crippen LogP contribution in [-0.4, -0.2) is 40.9 Å². The predicted molar refractivity (Wildman–Crippen MR) is 113 cm³/mol. The summed E-state index contributed by atoms with van der Waals surface area (Å²) in [6, 6.07) is 13.9. The summed E-state index contributed by atoms with van der Waals surface area (Å²) in [5.41, 5.74) is 0.306. The zero-order chi connectivity index (χ0) is 24.2. The summed E-state index contributed by atoms with van der Waals surface area (Å²) >= 11 is 0. The lowest BCUT2D eigenvalue weighted by molar-refractivity contribution is -0.274. The van der Waals surface area contributed by atoms with Crippen LogP contribution in [0.15, 0.2) is 60.8 Å². The zero-order valence-electron chi connectivity index (χ0n) is 17.9. The van der Waals surface area contributed by atoms with Gasteiger partial charge in [0.05, 0.1) is 12.8 Å². The second kappa shape index (κ2) is 9.27. The number of alkyl halides is 3. The predicted octanol–water partition coefficient (Wildman–Crippen LogP) is 4.39. The van der Waals surface area contributed by atoms with Gasteiger partial charge in [0, 0.05) is 17.3 Å². The molecule has 33 heavy (non-hydrogen) atoms. The standard InChI is InChI=1S/C23H20F3N3O4/c1-22(2,21(31)32-3)29-20(30)19-27-12-11-17(28-19)15-8-6-7-14(13-15)16-9-4-5-10-18(16)33-23(24,25)26/h4-13H,1-3H3,(H,29,30).